The van der Waals surface area contributed by atoms with Crippen molar-refractivity contribution in [2.45, 2.75) is 207 Å². The van der Waals surface area contributed by atoms with Gasteiger partial charge in [0.1, 0.15) is 13.6 Å². The maximum absolute atomic E-state index is 6.26. The van der Waals surface area contributed by atoms with Crippen molar-refractivity contribution in [1.29, 1.82) is 0 Å². The van der Waals surface area contributed by atoms with Gasteiger partial charge in [-0.15, -0.1) is 0 Å². The molecule has 2 unspecified atom stereocenters. The average molecular weight is 631 g/mol. The molecular weight excluding hydrogens is 552 g/mol. The standard InChI is InChI=1S/C42H78O3/c1-5-9-13-17-19-21-23-25-29-33-37-41(35-31-27-15-11-7-3)44-39-43-40-45-42(36-32-28-16-12-8-4)38-34-30-26-24-22-20-18-14-10-6-2/h17-24,41-42H,5-16,25-40H2,1-4H3. The smallest absolute Gasteiger partial charge is 0.149 e. The van der Waals surface area contributed by atoms with Gasteiger partial charge in [0.05, 0.1) is 12.2 Å². The largest absolute Gasteiger partial charge is 0.352 e. The third-order valence-electron chi connectivity index (χ3n) is 8.54. The molecular formula is C42H78O3. The second kappa shape index (κ2) is 39.0. The Bertz CT molecular complexity index is 609. The zero-order valence-corrected chi connectivity index (χ0v) is 30.8. The van der Waals surface area contributed by atoms with E-state index in [1.165, 1.54) is 128 Å². The molecule has 2 atom stereocenters. The molecule has 0 aliphatic heterocycles. The van der Waals surface area contributed by atoms with Crippen molar-refractivity contribution < 1.29 is 14.2 Å². The summed E-state index contributed by atoms with van der Waals surface area (Å²) in [6.45, 7) is 9.75. The van der Waals surface area contributed by atoms with Gasteiger partial charge in [-0.2, -0.15) is 0 Å². The van der Waals surface area contributed by atoms with E-state index in [4.69, 9.17) is 14.2 Å². The SMILES string of the molecule is CCCCC=CC=CCCCCC(CCCCCCC)OCOCOC(CCCCC=CC=CCCCC)CCCCCCC. The second-order valence-electron chi connectivity index (χ2n) is 13.0. The first kappa shape index (κ1) is 43.8. The molecule has 45 heavy (non-hydrogen) atoms. The van der Waals surface area contributed by atoms with E-state index in [9.17, 15) is 0 Å². The Balaban J connectivity index is 4.44. The van der Waals surface area contributed by atoms with Gasteiger partial charge in [0.2, 0.25) is 0 Å². The third-order valence-corrected chi connectivity index (χ3v) is 8.54. The van der Waals surface area contributed by atoms with Crippen molar-refractivity contribution in [3.8, 4) is 0 Å². The lowest BCUT2D eigenvalue weighted by Gasteiger charge is -2.20. The first-order valence-corrected chi connectivity index (χ1v) is 19.7. The molecule has 0 radical (unpaired) electrons. The van der Waals surface area contributed by atoms with Crippen LogP contribution in [0.25, 0.3) is 0 Å². The van der Waals surface area contributed by atoms with E-state index in [0.717, 1.165) is 38.5 Å². The zero-order chi connectivity index (χ0) is 32.7. The zero-order valence-electron chi connectivity index (χ0n) is 30.8. The van der Waals surface area contributed by atoms with Crippen molar-refractivity contribution in [2.75, 3.05) is 13.6 Å². The molecule has 0 saturated heterocycles. The summed E-state index contributed by atoms with van der Waals surface area (Å²) in [6, 6.07) is 0. The van der Waals surface area contributed by atoms with E-state index in [1.54, 1.807) is 0 Å². The highest BCUT2D eigenvalue weighted by Gasteiger charge is 2.11. The molecule has 0 heterocycles. The molecule has 0 aliphatic carbocycles. The van der Waals surface area contributed by atoms with E-state index in [0.29, 0.717) is 25.8 Å². The molecule has 0 aromatic heterocycles. The van der Waals surface area contributed by atoms with Crippen LogP contribution in [0.5, 0.6) is 0 Å². The maximum Gasteiger partial charge on any atom is 0.149 e. The first-order valence-electron chi connectivity index (χ1n) is 19.7. The van der Waals surface area contributed by atoms with Gasteiger partial charge in [-0.1, -0.05) is 179 Å². The minimum Gasteiger partial charge on any atom is -0.352 e. The molecule has 0 rings (SSSR count). The number of ether oxygens (including phenoxy) is 3. The van der Waals surface area contributed by atoms with Crippen molar-refractivity contribution in [3.05, 3.63) is 48.6 Å². The number of unbranched alkanes of at least 4 members (excludes halogenated alkanes) is 16. The molecule has 264 valence electrons. The summed E-state index contributed by atoms with van der Waals surface area (Å²) in [5.41, 5.74) is 0. The van der Waals surface area contributed by atoms with Crippen LogP contribution in [0.15, 0.2) is 48.6 Å². The van der Waals surface area contributed by atoms with Crippen LogP contribution in [0.3, 0.4) is 0 Å². The lowest BCUT2D eigenvalue weighted by Crippen LogP contribution is -2.19. The monoisotopic (exact) mass is 631 g/mol. The Kier molecular flexibility index (Phi) is 38.0. The summed E-state index contributed by atoms with van der Waals surface area (Å²) in [7, 11) is 0. The fourth-order valence-corrected chi connectivity index (χ4v) is 5.51. The lowest BCUT2D eigenvalue weighted by atomic mass is 10.0. The van der Waals surface area contributed by atoms with Gasteiger partial charge in [0.15, 0.2) is 0 Å². The van der Waals surface area contributed by atoms with E-state index < -0.39 is 0 Å². The predicted octanol–water partition coefficient (Wildman–Crippen LogP) is 14.1. The fraction of sp³-hybridized carbons (Fsp3) is 0.810. The van der Waals surface area contributed by atoms with Gasteiger partial charge in [0.25, 0.3) is 0 Å². The molecule has 0 aromatic rings. The van der Waals surface area contributed by atoms with Gasteiger partial charge >= 0.3 is 0 Å². The summed E-state index contributed by atoms with van der Waals surface area (Å²) in [5, 5.41) is 0. The van der Waals surface area contributed by atoms with Crippen molar-refractivity contribution in [3.63, 3.8) is 0 Å². The van der Waals surface area contributed by atoms with Crippen LogP contribution in [0.2, 0.25) is 0 Å². The number of allylic oxidation sites excluding steroid dienone is 8. The Labute approximate surface area is 282 Å². The molecule has 0 aliphatic rings. The molecule has 0 aromatic carbocycles. The van der Waals surface area contributed by atoms with E-state index in [-0.39, 0.29) is 0 Å². The first-order chi connectivity index (χ1) is 22.3. The third kappa shape index (κ3) is 35.5. The molecule has 0 fully saturated rings. The summed E-state index contributed by atoms with van der Waals surface area (Å²) in [5.74, 6) is 0. The lowest BCUT2D eigenvalue weighted by molar-refractivity contribution is -0.168. The highest BCUT2D eigenvalue weighted by atomic mass is 16.7. The Morgan fingerprint density at radius 1 is 0.356 bits per heavy atom. The Morgan fingerprint density at radius 3 is 1.02 bits per heavy atom. The Morgan fingerprint density at radius 2 is 0.667 bits per heavy atom. The van der Waals surface area contributed by atoms with Crippen LogP contribution in [-0.4, -0.2) is 25.8 Å². The van der Waals surface area contributed by atoms with Gasteiger partial charge in [-0.3, -0.25) is 0 Å². The van der Waals surface area contributed by atoms with E-state index >= 15 is 0 Å². The minimum atomic E-state index is 0.299. The summed E-state index contributed by atoms with van der Waals surface area (Å²) in [6.07, 6.45) is 51.0. The molecule has 3 nitrogen and oxygen atoms in total. The topological polar surface area (TPSA) is 27.7 Å². The molecule has 0 amide bonds. The summed E-state index contributed by atoms with van der Waals surface area (Å²) >= 11 is 0. The second-order valence-corrected chi connectivity index (χ2v) is 13.0. The van der Waals surface area contributed by atoms with Crippen LogP contribution >= 0.6 is 0 Å². The maximum atomic E-state index is 6.26. The quantitative estimate of drug-likeness (QED) is 0.0391. The average Bonchev–Trinajstić information content (AvgIpc) is 3.05. The van der Waals surface area contributed by atoms with Gasteiger partial charge in [-0.25, -0.2) is 0 Å². The molecule has 0 spiro atoms. The summed E-state index contributed by atoms with van der Waals surface area (Å²) < 4.78 is 18.4. The highest BCUT2D eigenvalue weighted by Crippen LogP contribution is 2.18. The van der Waals surface area contributed by atoms with Gasteiger partial charge in [0, 0.05) is 0 Å². The molecule has 3 heteroatoms. The number of rotatable bonds is 36. The molecule has 0 saturated carbocycles. The predicted molar refractivity (Wildman–Crippen MR) is 200 cm³/mol. The normalized spacial score (nSPS) is 13.8. The van der Waals surface area contributed by atoms with Crippen molar-refractivity contribution in [2.24, 2.45) is 0 Å². The summed E-state index contributed by atoms with van der Waals surface area (Å²) in [4.78, 5) is 0. The van der Waals surface area contributed by atoms with Crippen molar-refractivity contribution >= 4 is 0 Å². The van der Waals surface area contributed by atoms with Crippen molar-refractivity contribution in [1.82, 2.24) is 0 Å². The van der Waals surface area contributed by atoms with Crippen LogP contribution in [0.1, 0.15) is 195 Å². The van der Waals surface area contributed by atoms with Crippen LogP contribution in [0, 0.1) is 0 Å². The van der Waals surface area contributed by atoms with E-state index in [1.807, 2.05) is 0 Å². The van der Waals surface area contributed by atoms with Crippen LogP contribution < -0.4 is 0 Å². The number of hydrogen-bond donors (Lipinski definition) is 0. The van der Waals surface area contributed by atoms with Gasteiger partial charge < -0.3 is 14.2 Å². The highest BCUT2D eigenvalue weighted by molar-refractivity contribution is 5.02. The van der Waals surface area contributed by atoms with Crippen LogP contribution in [0.4, 0.5) is 0 Å². The van der Waals surface area contributed by atoms with Crippen LogP contribution in [-0.2, 0) is 14.2 Å². The molecule has 0 bridgehead atoms. The van der Waals surface area contributed by atoms with Gasteiger partial charge in [-0.05, 0) is 64.2 Å². The Hall–Kier alpha value is -1.16. The number of hydrogen-bond acceptors (Lipinski definition) is 3. The fourth-order valence-electron chi connectivity index (χ4n) is 5.51. The van der Waals surface area contributed by atoms with E-state index in [2.05, 4.69) is 76.3 Å². The molecule has 0 N–H and O–H groups in total. The minimum absolute atomic E-state index is 0.299.